The number of H-pyrrole nitrogens is 1. The SMILES string of the molecule is O=C1CCN(Cc2cccn(CCN3CCC(OC4CCC(Oc5ccc(-c6c[nH]c(=O)c7cnccc67)cc5)CC4)CC3)c2=O)C(=O)N1. The molecule has 2 aliphatic heterocycles. The van der Waals surface area contributed by atoms with E-state index in [0.29, 0.717) is 24.0 Å². The maximum absolute atomic E-state index is 13.1. The number of likely N-dealkylation sites (tertiary alicyclic amines) is 1. The van der Waals surface area contributed by atoms with Crippen molar-refractivity contribution in [3.05, 3.63) is 93.5 Å². The minimum Gasteiger partial charge on any atom is -0.490 e. The van der Waals surface area contributed by atoms with Gasteiger partial charge in [0.2, 0.25) is 5.91 Å². The van der Waals surface area contributed by atoms with Crippen LogP contribution in [0.3, 0.4) is 0 Å². The van der Waals surface area contributed by atoms with E-state index in [-0.39, 0.29) is 48.3 Å². The molecule has 4 aromatic rings. The molecule has 12 nitrogen and oxygen atoms in total. The highest BCUT2D eigenvalue weighted by molar-refractivity contribution is 5.96. The van der Waals surface area contributed by atoms with Crippen molar-refractivity contribution in [3.8, 4) is 16.9 Å². The number of fused-ring (bicyclic) bond motifs is 1. The summed E-state index contributed by atoms with van der Waals surface area (Å²) in [5.41, 5.74) is 2.27. The highest BCUT2D eigenvalue weighted by Crippen LogP contribution is 2.31. The zero-order valence-electron chi connectivity index (χ0n) is 27.5. The van der Waals surface area contributed by atoms with Crippen LogP contribution in [0, 0.1) is 0 Å². The van der Waals surface area contributed by atoms with Gasteiger partial charge in [0.05, 0.1) is 30.2 Å². The van der Waals surface area contributed by atoms with Gasteiger partial charge in [-0.05, 0) is 73.7 Å². The van der Waals surface area contributed by atoms with Gasteiger partial charge in [0, 0.05) is 75.1 Å². The van der Waals surface area contributed by atoms with Gasteiger partial charge in [-0.15, -0.1) is 0 Å². The zero-order valence-corrected chi connectivity index (χ0v) is 27.5. The van der Waals surface area contributed by atoms with E-state index >= 15 is 0 Å². The number of piperidine rings is 1. The number of carbonyl (C=O) groups is 2. The van der Waals surface area contributed by atoms with Crippen molar-refractivity contribution in [1.82, 2.24) is 29.7 Å². The standard InChI is InChI=1S/C37H42N6O6/c44-34-14-19-43(37(47)40-34)24-26-2-1-16-42(36(26)46)21-20-41-17-12-30(13-18-41)49-29-9-7-28(8-10-29)48-27-5-3-25(4-6-27)32-23-39-35(45)33-22-38-15-11-31(32)33/h1-6,11,15-16,22-23,28-30H,7-10,12-14,17-21,24H2,(H,39,45)(H,40,44,47). The number of benzene rings is 1. The van der Waals surface area contributed by atoms with Gasteiger partial charge in [0.1, 0.15) is 5.75 Å². The number of imide groups is 1. The van der Waals surface area contributed by atoms with Crippen LogP contribution in [0.25, 0.3) is 21.9 Å². The van der Waals surface area contributed by atoms with E-state index in [1.54, 1.807) is 35.4 Å². The molecule has 3 aromatic heterocycles. The van der Waals surface area contributed by atoms with Crippen LogP contribution < -0.4 is 21.2 Å². The van der Waals surface area contributed by atoms with E-state index < -0.39 is 6.03 Å². The normalized spacial score (nSPS) is 20.8. The molecule has 0 unspecified atom stereocenters. The minimum absolute atomic E-state index is 0.0977. The molecule has 0 bridgehead atoms. The lowest BCUT2D eigenvalue weighted by atomic mass is 9.94. The summed E-state index contributed by atoms with van der Waals surface area (Å²) in [7, 11) is 0. The number of hydrogen-bond donors (Lipinski definition) is 2. The van der Waals surface area contributed by atoms with Crippen LogP contribution in [0.4, 0.5) is 4.79 Å². The number of aromatic amines is 1. The lowest BCUT2D eigenvalue weighted by molar-refractivity contribution is -0.121. The van der Waals surface area contributed by atoms with Crippen LogP contribution in [-0.4, -0.2) is 80.8 Å². The molecule has 256 valence electrons. The Bertz CT molecular complexity index is 1910. The second-order valence-corrected chi connectivity index (χ2v) is 13.2. The van der Waals surface area contributed by atoms with E-state index in [9.17, 15) is 19.2 Å². The maximum Gasteiger partial charge on any atom is 0.324 e. The highest BCUT2D eigenvalue weighted by Gasteiger charge is 2.28. The summed E-state index contributed by atoms with van der Waals surface area (Å²) >= 11 is 0. The molecule has 2 saturated heterocycles. The second-order valence-electron chi connectivity index (χ2n) is 13.2. The van der Waals surface area contributed by atoms with E-state index in [0.717, 1.165) is 80.4 Å². The van der Waals surface area contributed by atoms with Gasteiger partial charge in [-0.25, -0.2) is 4.79 Å². The Kier molecular flexibility index (Phi) is 9.85. The van der Waals surface area contributed by atoms with Crippen molar-refractivity contribution < 1.29 is 19.1 Å². The number of carbonyl (C=O) groups excluding carboxylic acids is 2. The third-order valence-electron chi connectivity index (χ3n) is 9.97. The van der Waals surface area contributed by atoms with Crippen LogP contribution in [0.5, 0.6) is 5.75 Å². The molecule has 3 amide bonds. The third-order valence-corrected chi connectivity index (χ3v) is 9.97. The van der Waals surface area contributed by atoms with Crippen LogP contribution in [-0.2, 0) is 22.6 Å². The Labute approximate surface area is 284 Å². The summed E-state index contributed by atoms with van der Waals surface area (Å²) in [6.45, 7) is 3.73. The summed E-state index contributed by atoms with van der Waals surface area (Å²) in [5, 5.41) is 3.76. The first-order valence-corrected chi connectivity index (χ1v) is 17.3. The zero-order chi connectivity index (χ0) is 33.7. The smallest absolute Gasteiger partial charge is 0.324 e. The summed E-state index contributed by atoms with van der Waals surface area (Å²) in [4.78, 5) is 59.6. The van der Waals surface area contributed by atoms with E-state index in [1.807, 2.05) is 36.4 Å². The number of hydrogen-bond acceptors (Lipinski definition) is 8. The molecular formula is C37H42N6O6. The fraction of sp³-hybridized carbons (Fsp3) is 0.432. The van der Waals surface area contributed by atoms with Crippen molar-refractivity contribution in [1.29, 1.82) is 0 Å². The number of pyridine rings is 3. The quantitative estimate of drug-likeness (QED) is 0.259. The first kappa shape index (κ1) is 32.7. The number of amides is 3. The fourth-order valence-corrected chi connectivity index (χ4v) is 7.16. The summed E-state index contributed by atoms with van der Waals surface area (Å²) in [6, 6.07) is 13.1. The minimum atomic E-state index is -0.447. The molecule has 49 heavy (non-hydrogen) atoms. The van der Waals surface area contributed by atoms with Crippen LogP contribution in [0.15, 0.2) is 76.8 Å². The molecule has 12 heteroatoms. The number of ether oxygens (including phenoxy) is 2. The first-order chi connectivity index (χ1) is 23.9. The molecule has 5 heterocycles. The Morgan fingerprint density at radius 2 is 1.57 bits per heavy atom. The summed E-state index contributed by atoms with van der Waals surface area (Å²) in [5.74, 6) is 0.563. The Hall–Kier alpha value is -4.81. The van der Waals surface area contributed by atoms with E-state index in [1.165, 1.54) is 4.90 Å². The third kappa shape index (κ3) is 7.76. The van der Waals surface area contributed by atoms with Gasteiger partial charge >= 0.3 is 6.03 Å². The van der Waals surface area contributed by atoms with Crippen molar-refractivity contribution in [2.24, 2.45) is 0 Å². The van der Waals surface area contributed by atoms with E-state index in [4.69, 9.17) is 9.47 Å². The summed E-state index contributed by atoms with van der Waals surface area (Å²) in [6.07, 6.45) is 13.6. The van der Waals surface area contributed by atoms with Crippen LogP contribution >= 0.6 is 0 Å². The molecule has 2 N–H and O–H groups in total. The molecule has 1 saturated carbocycles. The number of rotatable bonds is 10. The molecular weight excluding hydrogens is 624 g/mol. The second kappa shape index (κ2) is 14.8. The predicted molar refractivity (Wildman–Crippen MR) is 184 cm³/mol. The predicted octanol–water partition coefficient (Wildman–Crippen LogP) is 4.06. The fourth-order valence-electron chi connectivity index (χ4n) is 7.16. The van der Waals surface area contributed by atoms with Gasteiger partial charge in [-0.1, -0.05) is 18.2 Å². The molecule has 3 aliphatic rings. The van der Waals surface area contributed by atoms with Gasteiger partial charge in [-0.2, -0.15) is 0 Å². The first-order valence-electron chi connectivity index (χ1n) is 17.3. The lowest BCUT2D eigenvalue weighted by Crippen LogP contribution is -2.49. The molecule has 1 aromatic carbocycles. The van der Waals surface area contributed by atoms with Gasteiger partial charge in [-0.3, -0.25) is 24.7 Å². The number of urea groups is 1. The number of aromatic nitrogens is 3. The molecule has 0 radical (unpaired) electrons. The van der Waals surface area contributed by atoms with Gasteiger partial charge in [0.15, 0.2) is 0 Å². The molecule has 7 rings (SSSR count). The largest absolute Gasteiger partial charge is 0.490 e. The van der Waals surface area contributed by atoms with Crippen molar-refractivity contribution >= 4 is 22.7 Å². The van der Waals surface area contributed by atoms with Crippen molar-refractivity contribution in [2.75, 3.05) is 26.2 Å². The maximum atomic E-state index is 13.1. The Balaban J connectivity index is 0.828. The van der Waals surface area contributed by atoms with Crippen LogP contribution in [0.1, 0.15) is 50.5 Å². The topological polar surface area (TPSA) is 139 Å². The highest BCUT2D eigenvalue weighted by atomic mass is 16.5. The van der Waals surface area contributed by atoms with E-state index in [2.05, 4.69) is 20.2 Å². The monoisotopic (exact) mass is 666 g/mol. The van der Waals surface area contributed by atoms with Crippen molar-refractivity contribution in [2.45, 2.75) is 76.3 Å². The average molecular weight is 667 g/mol. The number of nitrogens with zero attached hydrogens (tertiary/aromatic N) is 4. The molecule has 3 fully saturated rings. The summed E-state index contributed by atoms with van der Waals surface area (Å²) < 4.78 is 14.6. The van der Waals surface area contributed by atoms with Crippen LogP contribution in [0.2, 0.25) is 0 Å². The Morgan fingerprint density at radius 1 is 0.816 bits per heavy atom. The molecule has 0 spiro atoms. The lowest BCUT2D eigenvalue weighted by Gasteiger charge is -2.36. The van der Waals surface area contributed by atoms with Gasteiger partial charge < -0.3 is 28.8 Å². The van der Waals surface area contributed by atoms with Crippen molar-refractivity contribution in [3.63, 3.8) is 0 Å². The average Bonchev–Trinajstić information content (AvgIpc) is 3.12. The molecule has 0 atom stereocenters. The number of nitrogens with one attached hydrogen (secondary N) is 2. The van der Waals surface area contributed by atoms with Gasteiger partial charge in [0.25, 0.3) is 11.1 Å². The Morgan fingerprint density at radius 3 is 2.35 bits per heavy atom. The molecule has 1 aliphatic carbocycles.